The summed E-state index contributed by atoms with van der Waals surface area (Å²) in [5.74, 6) is 0.348. The molecule has 0 heterocycles. The first-order chi connectivity index (χ1) is 5.41. The van der Waals surface area contributed by atoms with Gasteiger partial charge in [0.2, 0.25) is 0 Å². The average Bonchev–Trinajstić information content (AvgIpc) is 1.83. The fraction of sp³-hybridized carbons (Fsp3) is 1.00. The summed E-state index contributed by atoms with van der Waals surface area (Å²) in [5.41, 5.74) is 0.166. The van der Waals surface area contributed by atoms with Crippen LogP contribution >= 0.6 is 0 Å². The van der Waals surface area contributed by atoms with E-state index < -0.39 is 0 Å². The second kappa shape index (κ2) is 3.35. The molecule has 1 aliphatic rings. The smallest absolute Gasteiger partial charge is 0.0598 e. The fourth-order valence-corrected chi connectivity index (χ4v) is 2.14. The van der Waals surface area contributed by atoms with Gasteiger partial charge in [0.1, 0.15) is 0 Å². The Morgan fingerprint density at radius 2 is 1.67 bits per heavy atom. The van der Waals surface area contributed by atoms with Gasteiger partial charge in [-0.2, -0.15) is 0 Å². The van der Waals surface area contributed by atoms with Crippen LogP contribution < -0.4 is 0 Å². The Bertz CT molecular complexity index is 148. The zero-order valence-electron chi connectivity index (χ0n) is 8.25. The quantitative estimate of drug-likeness (QED) is 0.582. The lowest BCUT2D eigenvalue weighted by Crippen LogP contribution is -2.39. The molecule has 0 spiro atoms. The fourth-order valence-electron chi connectivity index (χ4n) is 2.14. The van der Waals surface area contributed by atoms with Crippen molar-refractivity contribution in [1.29, 1.82) is 0 Å². The van der Waals surface area contributed by atoms with Crippen LogP contribution in [0.2, 0.25) is 0 Å². The van der Waals surface area contributed by atoms with Crippen molar-refractivity contribution < 1.29 is 10.2 Å². The van der Waals surface area contributed by atoms with Gasteiger partial charge >= 0.3 is 0 Å². The van der Waals surface area contributed by atoms with E-state index in [1.54, 1.807) is 0 Å². The van der Waals surface area contributed by atoms with Crippen LogP contribution in [0.25, 0.3) is 0 Å². The van der Waals surface area contributed by atoms with Gasteiger partial charge in [-0.15, -0.1) is 0 Å². The number of aliphatic hydroxyl groups excluding tert-OH is 2. The standard InChI is InChI=1S/C10H20O2/c1-10(2,3)8-5-4-7(11)6-9(8)12/h7-9,11-12H,4-6H2,1-3H3. The van der Waals surface area contributed by atoms with Crippen molar-refractivity contribution in [3.63, 3.8) is 0 Å². The van der Waals surface area contributed by atoms with E-state index in [4.69, 9.17) is 0 Å². The molecule has 0 aromatic rings. The van der Waals surface area contributed by atoms with Crippen LogP contribution in [-0.4, -0.2) is 22.4 Å². The van der Waals surface area contributed by atoms with Crippen LogP contribution in [0.5, 0.6) is 0 Å². The lowest BCUT2D eigenvalue weighted by molar-refractivity contribution is -0.0372. The monoisotopic (exact) mass is 172 g/mol. The van der Waals surface area contributed by atoms with Gasteiger partial charge in [-0.3, -0.25) is 0 Å². The Hall–Kier alpha value is -0.0800. The molecule has 0 bridgehead atoms. The van der Waals surface area contributed by atoms with Crippen molar-refractivity contribution in [2.45, 2.75) is 52.2 Å². The first-order valence-electron chi connectivity index (χ1n) is 4.77. The minimum atomic E-state index is -0.311. The second-order valence-electron chi connectivity index (χ2n) is 5.01. The van der Waals surface area contributed by atoms with Crippen molar-refractivity contribution in [3.05, 3.63) is 0 Å². The topological polar surface area (TPSA) is 40.5 Å². The van der Waals surface area contributed by atoms with E-state index in [2.05, 4.69) is 20.8 Å². The van der Waals surface area contributed by atoms with Crippen molar-refractivity contribution in [2.24, 2.45) is 11.3 Å². The molecular weight excluding hydrogens is 152 g/mol. The minimum Gasteiger partial charge on any atom is -0.393 e. The summed E-state index contributed by atoms with van der Waals surface area (Å²) in [6.07, 6.45) is 1.76. The lowest BCUT2D eigenvalue weighted by Gasteiger charge is -2.39. The summed E-state index contributed by atoms with van der Waals surface area (Å²) in [7, 11) is 0. The summed E-state index contributed by atoms with van der Waals surface area (Å²) in [4.78, 5) is 0. The van der Waals surface area contributed by atoms with Gasteiger partial charge < -0.3 is 10.2 Å². The van der Waals surface area contributed by atoms with Gasteiger partial charge in [-0.05, 0) is 30.6 Å². The van der Waals surface area contributed by atoms with Crippen LogP contribution in [0.1, 0.15) is 40.0 Å². The molecule has 3 unspecified atom stereocenters. The molecular formula is C10H20O2. The first kappa shape index (κ1) is 10.0. The van der Waals surface area contributed by atoms with Crippen LogP contribution in [-0.2, 0) is 0 Å². The molecule has 0 saturated heterocycles. The van der Waals surface area contributed by atoms with Gasteiger partial charge in [0.15, 0.2) is 0 Å². The summed E-state index contributed by atoms with van der Waals surface area (Å²) >= 11 is 0. The molecule has 12 heavy (non-hydrogen) atoms. The number of hydrogen-bond donors (Lipinski definition) is 2. The predicted octanol–water partition coefficient (Wildman–Crippen LogP) is 1.55. The van der Waals surface area contributed by atoms with Crippen LogP contribution in [0.3, 0.4) is 0 Å². The Kier molecular flexibility index (Phi) is 2.79. The maximum absolute atomic E-state index is 9.71. The summed E-state index contributed by atoms with van der Waals surface area (Å²) in [6, 6.07) is 0. The minimum absolute atomic E-state index is 0.166. The molecule has 2 N–H and O–H groups in total. The zero-order chi connectivity index (χ0) is 9.35. The van der Waals surface area contributed by atoms with E-state index in [1.165, 1.54) is 0 Å². The number of rotatable bonds is 0. The molecule has 1 rings (SSSR count). The third kappa shape index (κ3) is 2.20. The van der Waals surface area contributed by atoms with Crippen molar-refractivity contribution in [1.82, 2.24) is 0 Å². The van der Waals surface area contributed by atoms with Crippen molar-refractivity contribution in [3.8, 4) is 0 Å². The molecule has 0 aromatic carbocycles. The normalized spacial score (nSPS) is 38.2. The largest absolute Gasteiger partial charge is 0.393 e. The Morgan fingerprint density at radius 1 is 1.08 bits per heavy atom. The molecule has 1 aliphatic carbocycles. The summed E-state index contributed by atoms with van der Waals surface area (Å²) < 4.78 is 0. The van der Waals surface area contributed by atoms with E-state index >= 15 is 0 Å². The van der Waals surface area contributed by atoms with Gasteiger partial charge in [-0.1, -0.05) is 20.8 Å². The Balaban J connectivity index is 2.57. The maximum atomic E-state index is 9.71. The second-order valence-corrected chi connectivity index (χ2v) is 5.01. The molecule has 0 radical (unpaired) electrons. The van der Waals surface area contributed by atoms with E-state index in [1.807, 2.05) is 0 Å². The number of hydrogen-bond acceptors (Lipinski definition) is 2. The maximum Gasteiger partial charge on any atom is 0.0598 e. The van der Waals surface area contributed by atoms with Crippen molar-refractivity contribution >= 4 is 0 Å². The number of aliphatic hydroxyl groups is 2. The first-order valence-corrected chi connectivity index (χ1v) is 4.77. The van der Waals surface area contributed by atoms with Gasteiger partial charge in [-0.25, -0.2) is 0 Å². The molecule has 1 saturated carbocycles. The van der Waals surface area contributed by atoms with Crippen LogP contribution in [0, 0.1) is 11.3 Å². The SMILES string of the molecule is CC(C)(C)C1CCC(O)CC1O. The van der Waals surface area contributed by atoms with Gasteiger partial charge in [0.25, 0.3) is 0 Å². The molecule has 3 atom stereocenters. The highest BCUT2D eigenvalue weighted by atomic mass is 16.3. The van der Waals surface area contributed by atoms with Gasteiger partial charge in [0, 0.05) is 0 Å². The third-order valence-electron chi connectivity index (χ3n) is 2.90. The molecule has 0 amide bonds. The highest BCUT2D eigenvalue weighted by Crippen LogP contribution is 2.37. The van der Waals surface area contributed by atoms with E-state index in [0.717, 1.165) is 12.8 Å². The van der Waals surface area contributed by atoms with Gasteiger partial charge in [0.05, 0.1) is 12.2 Å². The highest BCUT2D eigenvalue weighted by molar-refractivity contribution is 4.86. The molecule has 72 valence electrons. The Morgan fingerprint density at radius 3 is 2.08 bits per heavy atom. The van der Waals surface area contributed by atoms with E-state index in [-0.39, 0.29) is 17.6 Å². The Labute approximate surface area is 74.6 Å². The summed E-state index contributed by atoms with van der Waals surface area (Å²) in [5, 5.41) is 19.0. The third-order valence-corrected chi connectivity index (χ3v) is 2.90. The van der Waals surface area contributed by atoms with Crippen molar-refractivity contribution in [2.75, 3.05) is 0 Å². The molecule has 2 nitrogen and oxygen atoms in total. The summed E-state index contributed by atoms with van der Waals surface area (Å²) in [6.45, 7) is 6.45. The van der Waals surface area contributed by atoms with E-state index in [0.29, 0.717) is 12.3 Å². The lowest BCUT2D eigenvalue weighted by atomic mass is 9.70. The predicted molar refractivity (Wildman–Crippen MR) is 48.8 cm³/mol. The highest BCUT2D eigenvalue weighted by Gasteiger charge is 2.35. The van der Waals surface area contributed by atoms with E-state index in [9.17, 15) is 10.2 Å². The average molecular weight is 172 g/mol. The molecule has 0 aliphatic heterocycles. The molecule has 1 fully saturated rings. The zero-order valence-corrected chi connectivity index (χ0v) is 8.25. The molecule has 2 heteroatoms. The van der Waals surface area contributed by atoms with Crippen LogP contribution in [0.4, 0.5) is 0 Å². The van der Waals surface area contributed by atoms with Crippen LogP contribution in [0.15, 0.2) is 0 Å². The molecule has 0 aromatic heterocycles.